The van der Waals surface area contributed by atoms with Crippen LogP contribution in [0.5, 0.6) is 0 Å². The Kier molecular flexibility index (Phi) is 8.07. The molecule has 0 aromatic rings. The molecule has 82 valence electrons. The van der Waals surface area contributed by atoms with E-state index in [0.29, 0.717) is 12.8 Å². The van der Waals surface area contributed by atoms with Gasteiger partial charge in [-0.15, -0.1) is 0 Å². The van der Waals surface area contributed by atoms with Crippen LogP contribution in [0.1, 0.15) is 25.7 Å². The number of nitrogens with two attached hydrogens (primary N) is 1. The lowest BCUT2D eigenvalue weighted by atomic mass is 10.2. The molecule has 0 radical (unpaired) electrons. The van der Waals surface area contributed by atoms with E-state index in [1.54, 1.807) is 0 Å². The Bertz CT molecular complexity index is 162. The highest BCUT2D eigenvalue weighted by molar-refractivity contribution is 5.78. The van der Waals surface area contributed by atoms with Crippen LogP contribution < -0.4 is 5.73 Å². The van der Waals surface area contributed by atoms with E-state index >= 15 is 0 Å². The van der Waals surface area contributed by atoms with Gasteiger partial charge in [0.25, 0.3) is 0 Å². The van der Waals surface area contributed by atoms with Crippen molar-refractivity contribution in [2.75, 3.05) is 19.8 Å². The number of hydrogen-bond donors (Lipinski definition) is 2. The average Bonchev–Trinajstić information content (AvgIpc) is 2.13. The van der Waals surface area contributed by atoms with Crippen molar-refractivity contribution in [2.24, 2.45) is 5.73 Å². The van der Waals surface area contributed by atoms with Crippen LogP contribution in [0.4, 0.5) is 0 Å². The van der Waals surface area contributed by atoms with Crippen molar-refractivity contribution < 1.29 is 19.4 Å². The van der Waals surface area contributed by atoms with Crippen LogP contribution in [-0.2, 0) is 14.3 Å². The van der Waals surface area contributed by atoms with Crippen LogP contribution in [0.2, 0.25) is 0 Å². The first-order valence-electron chi connectivity index (χ1n) is 4.69. The van der Waals surface area contributed by atoms with E-state index in [4.69, 9.17) is 15.6 Å². The average molecular weight is 203 g/mol. The fourth-order valence-corrected chi connectivity index (χ4v) is 0.895. The molecule has 0 heterocycles. The van der Waals surface area contributed by atoms with Gasteiger partial charge in [-0.2, -0.15) is 0 Å². The Morgan fingerprint density at radius 2 is 1.93 bits per heavy atom. The van der Waals surface area contributed by atoms with Gasteiger partial charge in [0.15, 0.2) is 0 Å². The maximum absolute atomic E-state index is 10.9. The van der Waals surface area contributed by atoms with Crippen molar-refractivity contribution >= 4 is 11.8 Å². The van der Waals surface area contributed by atoms with E-state index in [2.05, 4.69) is 0 Å². The van der Waals surface area contributed by atoms with E-state index in [0.717, 1.165) is 0 Å². The van der Waals surface area contributed by atoms with Crippen molar-refractivity contribution in [3.05, 3.63) is 0 Å². The number of ether oxygens (including phenoxy) is 1. The van der Waals surface area contributed by atoms with E-state index in [1.165, 1.54) is 0 Å². The number of carbonyl (C=O) groups is 2. The summed E-state index contributed by atoms with van der Waals surface area (Å²) in [7, 11) is 0. The van der Waals surface area contributed by atoms with Gasteiger partial charge in [-0.25, -0.2) is 0 Å². The van der Waals surface area contributed by atoms with Crippen LogP contribution in [0.25, 0.3) is 0 Å². The summed E-state index contributed by atoms with van der Waals surface area (Å²) in [6, 6.07) is 0. The van der Waals surface area contributed by atoms with Gasteiger partial charge in [0, 0.05) is 26.0 Å². The fraction of sp³-hybridized carbons (Fsp3) is 0.778. The molecule has 0 spiro atoms. The number of carbonyl (C=O) groups excluding carboxylic acids is 2. The SMILES string of the molecule is NCCC(=O)OCCCC(=O)CCO. The summed E-state index contributed by atoms with van der Waals surface area (Å²) in [6.07, 6.45) is 1.24. The molecule has 0 rings (SSSR count). The van der Waals surface area contributed by atoms with E-state index in [9.17, 15) is 9.59 Å². The van der Waals surface area contributed by atoms with E-state index < -0.39 is 0 Å². The molecule has 3 N–H and O–H groups in total. The summed E-state index contributed by atoms with van der Waals surface area (Å²) in [6.45, 7) is 0.407. The van der Waals surface area contributed by atoms with E-state index in [1.807, 2.05) is 0 Å². The van der Waals surface area contributed by atoms with Gasteiger partial charge >= 0.3 is 5.97 Å². The van der Waals surface area contributed by atoms with Crippen LogP contribution in [-0.4, -0.2) is 36.6 Å². The molecule has 5 heteroatoms. The molecule has 0 aliphatic carbocycles. The molecular weight excluding hydrogens is 186 g/mol. The fourth-order valence-electron chi connectivity index (χ4n) is 0.895. The number of ketones is 1. The maximum atomic E-state index is 10.9. The minimum atomic E-state index is -0.331. The monoisotopic (exact) mass is 203 g/mol. The highest BCUT2D eigenvalue weighted by Crippen LogP contribution is 1.96. The third-order valence-corrected chi connectivity index (χ3v) is 1.60. The smallest absolute Gasteiger partial charge is 0.307 e. The summed E-state index contributed by atoms with van der Waals surface area (Å²) in [5, 5.41) is 8.43. The second-order valence-electron chi connectivity index (χ2n) is 2.87. The Morgan fingerprint density at radius 1 is 1.21 bits per heavy atom. The quantitative estimate of drug-likeness (QED) is 0.414. The van der Waals surface area contributed by atoms with Crippen molar-refractivity contribution in [1.82, 2.24) is 0 Å². The number of hydrogen-bond acceptors (Lipinski definition) is 5. The lowest BCUT2D eigenvalue weighted by molar-refractivity contribution is -0.143. The van der Waals surface area contributed by atoms with Gasteiger partial charge in [0.05, 0.1) is 13.0 Å². The molecule has 0 aliphatic rings. The lowest BCUT2D eigenvalue weighted by Gasteiger charge is -2.02. The Morgan fingerprint density at radius 3 is 2.50 bits per heavy atom. The standard InChI is InChI=1S/C9H17NO4/c10-5-3-9(13)14-7-1-2-8(12)4-6-11/h11H,1-7,10H2. The zero-order chi connectivity index (χ0) is 10.8. The summed E-state index contributed by atoms with van der Waals surface area (Å²) in [4.78, 5) is 21.7. The minimum Gasteiger partial charge on any atom is -0.466 e. The van der Waals surface area contributed by atoms with Gasteiger partial charge < -0.3 is 15.6 Å². The van der Waals surface area contributed by atoms with Gasteiger partial charge in [-0.1, -0.05) is 0 Å². The Hall–Kier alpha value is -0.940. The highest BCUT2D eigenvalue weighted by Gasteiger charge is 2.03. The van der Waals surface area contributed by atoms with Crippen molar-refractivity contribution in [1.29, 1.82) is 0 Å². The van der Waals surface area contributed by atoms with Gasteiger partial charge in [-0.3, -0.25) is 9.59 Å². The first-order chi connectivity index (χ1) is 6.70. The molecule has 0 fully saturated rings. The first kappa shape index (κ1) is 13.1. The summed E-state index contributed by atoms with van der Waals surface area (Å²) in [5.41, 5.74) is 5.14. The predicted octanol–water partition coefficient (Wildman–Crippen LogP) is -0.390. The van der Waals surface area contributed by atoms with Gasteiger partial charge in [0.1, 0.15) is 5.78 Å². The molecule has 0 aliphatic heterocycles. The second-order valence-corrected chi connectivity index (χ2v) is 2.87. The lowest BCUT2D eigenvalue weighted by Crippen LogP contribution is -2.12. The van der Waals surface area contributed by atoms with Crippen molar-refractivity contribution in [3.8, 4) is 0 Å². The summed E-state index contributed by atoms with van der Waals surface area (Å²) >= 11 is 0. The number of aliphatic hydroxyl groups is 1. The molecule has 0 amide bonds. The summed E-state index contributed by atoms with van der Waals surface area (Å²) < 4.78 is 4.78. The molecule has 0 aromatic heterocycles. The van der Waals surface area contributed by atoms with Crippen molar-refractivity contribution in [3.63, 3.8) is 0 Å². The predicted molar refractivity (Wildman–Crippen MR) is 50.6 cm³/mol. The molecule has 0 atom stereocenters. The van der Waals surface area contributed by atoms with Crippen LogP contribution in [0.15, 0.2) is 0 Å². The Labute approximate surface area is 83.2 Å². The molecule has 0 aromatic carbocycles. The molecule has 14 heavy (non-hydrogen) atoms. The van der Waals surface area contributed by atoms with Gasteiger partial charge in [-0.05, 0) is 6.42 Å². The molecule has 0 bridgehead atoms. The van der Waals surface area contributed by atoms with Crippen LogP contribution >= 0.6 is 0 Å². The number of rotatable bonds is 8. The zero-order valence-electron chi connectivity index (χ0n) is 8.20. The second kappa shape index (κ2) is 8.65. The molecule has 0 saturated carbocycles. The molecule has 0 unspecified atom stereocenters. The van der Waals surface area contributed by atoms with Crippen LogP contribution in [0, 0.1) is 0 Å². The normalized spacial score (nSPS) is 9.86. The highest BCUT2D eigenvalue weighted by atomic mass is 16.5. The molecule has 5 nitrogen and oxygen atoms in total. The zero-order valence-corrected chi connectivity index (χ0v) is 8.20. The first-order valence-corrected chi connectivity index (χ1v) is 4.69. The number of esters is 1. The largest absolute Gasteiger partial charge is 0.466 e. The Balaban J connectivity index is 3.28. The van der Waals surface area contributed by atoms with Crippen molar-refractivity contribution in [2.45, 2.75) is 25.7 Å². The third kappa shape index (κ3) is 7.70. The van der Waals surface area contributed by atoms with Crippen LogP contribution in [0.3, 0.4) is 0 Å². The van der Waals surface area contributed by atoms with E-state index in [-0.39, 0.29) is 44.4 Å². The molecule has 0 saturated heterocycles. The minimum absolute atomic E-state index is 0.0117. The number of Topliss-reactive ketones (excluding diaryl/α,β-unsaturated/α-hetero) is 1. The topological polar surface area (TPSA) is 89.6 Å². The maximum Gasteiger partial charge on any atom is 0.307 e. The van der Waals surface area contributed by atoms with Gasteiger partial charge in [0.2, 0.25) is 0 Å². The number of aliphatic hydroxyl groups excluding tert-OH is 1. The molecular formula is C9H17NO4. The third-order valence-electron chi connectivity index (χ3n) is 1.60. The summed E-state index contributed by atoms with van der Waals surface area (Å²) in [5.74, 6) is -0.343.